The number of anilines is 1. The second-order valence-corrected chi connectivity index (χ2v) is 8.13. The number of carbonyl (C=O) groups is 2. The standard InChI is InChI=1S/C25H20BrN3O3/c26-19-12-6-7-13-20(19)28-25(31)23(14-16-8-2-1-3-9-16)27-22-15-21(29-32)17-10-4-5-11-18(17)24(22)30/h1-13,15,23,27,32H,14H2,(H,28,31). The predicted molar refractivity (Wildman–Crippen MR) is 127 cm³/mol. The molecule has 7 heteroatoms. The van der Waals surface area contributed by atoms with Crippen LogP contribution >= 0.6 is 15.9 Å². The number of oxime groups is 1. The Hall–Kier alpha value is -3.71. The molecule has 32 heavy (non-hydrogen) atoms. The Morgan fingerprint density at radius 3 is 2.31 bits per heavy atom. The molecule has 3 N–H and O–H groups in total. The van der Waals surface area contributed by atoms with Gasteiger partial charge in [0, 0.05) is 22.0 Å². The van der Waals surface area contributed by atoms with E-state index in [4.69, 9.17) is 0 Å². The quantitative estimate of drug-likeness (QED) is 0.350. The Kier molecular flexibility index (Phi) is 6.47. The fourth-order valence-corrected chi connectivity index (χ4v) is 3.93. The van der Waals surface area contributed by atoms with Gasteiger partial charge in [0.15, 0.2) is 0 Å². The average Bonchev–Trinajstić information content (AvgIpc) is 2.82. The van der Waals surface area contributed by atoms with E-state index in [1.165, 1.54) is 6.08 Å². The van der Waals surface area contributed by atoms with E-state index in [0.29, 0.717) is 23.2 Å². The van der Waals surface area contributed by atoms with Gasteiger partial charge in [0.2, 0.25) is 11.7 Å². The lowest BCUT2D eigenvalue weighted by molar-refractivity contribution is -0.117. The molecule has 1 aliphatic rings. The Morgan fingerprint density at radius 1 is 0.938 bits per heavy atom. The number of allylic oxidation sites excluding steroid dienone is 2. The van der Waals surface area contributed by atoms with Crippen LogP contribution in [0.5, 0.6) is 0 Å². The predicted octanol–water partition coefficient (Wildman–Crippen LogP) is 4.55. The molecule has 3 aromatic rings. The van der Waals surface area contributed by atoms with Crippen molar-refractivity contribution in [1.82, 2.24) is 5.32 Å². The molecule has 0 aliphatic heterocycles. The van der Waals surface area contributed by atoms with E-state index in [1.807, 2.05) is 48.5 Å². The van der Waals surface area contributed by atoms with Crippen molar-refractivity contribution in [3.8, 4) is 0 Å². The third-order valence-electron chi connectivity index (χ3n) is 5.14. The number of rotatable bonds is 6. The molecule has 0 spiro atoms. The van der Waals surface area contributed by atoms with Crippen molar-refractivity contribution >= 4 is 39.0 Å². The molecule has 0 saturated carbocycles. The lowest BCUT2D eigenvalue weighted by Crippen LogP contribution is -2.44. The minimum atomic E-state index is -0.745. The summed E-state index contributed by atoms with van der Waals surface area (Å²) in [6.07, 6.45) is 1.82. The Bertz CT molecular complexity index is 1220. The number of ketones is 1. The summed E-state index contributed by atoms with van der Waals surface area (Å²) in [6, 6.07) is 23.0. The summed E-state index contributed by atoms with van der Waals surface area (Å²) in [5.41, 5.74) is 2.97. The Morgan fingerprint density at radius 2 is 1.59 bits per heavy atom. The van der Waals surface area contributed by atoms with Crippen LogP contribution in [0.2, 0.25) is 0 Å². The first-order valence-electron chi connectivity index (χ1n) is 10.0. The lowest BCUT2D eigenvalue weighted by Gasteiger charge is -2.24. The number of carbonyl (C=O) groups excluding carboxylic acids is 2. The molecule has 160 valence electrons. The van der Waals surface area contributed by atoms with Crippen LogP contribution in [-0.2, 0) is 11.2 Å². The zero-order valence-corrected chi connectivity index (χ0v) is 18.5. The maximum absolute atomic E-state index is 13.2. The van der Waals surface area contributed by atoms with Gasteiger partial charge >= 0.3 is 0 Å². The van der Waals surface area contributed by atoms with Crippen molar-refractivity contribution in [3.63, 3.8) is 0 Å². The second-order valence-electron chi connectivity index (χ2n) is 7.27. The Labute approximate surface area is 193 Å². The van der Waals surface area contributed by atoms with Crippen LogP contribution in [0, 0.1) is 0 Å². The molecule has 4 rings (SSSR count). The van der Waals surface area contributed by atoms with Crippen molar-refractivity contribution in [1.29, 1.82) is 0 Å². The molecule has 3 aromatic carbocycles. The molecule has 0 heterocycles. The molecule has 1 unspecified atom stereocenters. The van der Waals surface area contributed by atoms with Gasteiger partial charge in [-0.15, -0.1) is 0 Å². The second kappa shape index (κ2) is 9.62. The number of benzene rings is 3. The number of Topliss-reactive ketones (excluding diaryl/α,β-unsaturated/α-hetero) is 1. The largest absolute Gasteiger partial charge is 0.410 e. The zero-order valence-electron chi connectivity index (χ0n) is 17.0. The molecule has 1 amide bonds. The number of amides is 1. The Balaban J connectivity index is 1.64. The SMILES string of the molecule is O=C1C(NC(Cc2ccccc2)C(=O)Nc2ccccc2Br)=CC(=NO)c2ccccc21. The highest BCUT2D eigenvalue weighted by Crippen LogP contribution is 2.23. The molecule has 0 aromatic heterocycles. The van der Waals surface area contributed by atoms with Crippen molar-refractivity contribution in [2.45, 2.75) is 12.5 Å². The molecular weight excluding hydrogens is 470 g/mol. The third kappa shape index (κ3) is 4.63. The number of para-hydroxylation sites is 1. The summed E-state index contributed by atoms with van der Waals surface area (Å²) in [4.78, 5) is 26.3. The first-order valence-corrected chi connectivity index (χ1v) is 10.8. The van der Waals surface area contributed by atoms with E-state index in [0.717, 1.165) is 10.0 Å². The van der Waals surface area contributed by atoms with Crippen LogP contribution in [0.3, 0.4) is 0 Å². The summed E-state index contributed by atoms with van der Waals surface area (Å²) >= 11 is 3.44. The maximum atomic E-state index is 13.2. The fraction of sp³-hybridized carbons (Fsp3) is 0.0800. The fourth-order valence-electron chi connectivity index (χ4n) is 3.55. The lowest BCUT2D eigenvalue weighted by atomic mass is 9.91. The molecule has 0 fully saturated rings. The van der Waals surface area contributed by atoms with Crippen molar-refractivity contribution in [3.05, 3.63) is 112 Å². The number of hydrogen-bond donors (Lipinski definition) is 3. The third-order valence-corrected chi connectivity index (χ3v) is 5.83. The minimum absolute atomic E-state index is 0.194. The van der Waals surface area contributed by atoms with Crippen molar-refractivity contribution in [2.75, 3.05) is 5.32 Å². The summed E-state index contributed by atoms with van der Waals surface area (Å²) in [7, 11) is 0. The van der Waals surface area contributed by atoms with E-state index in [1.54, 1.807) is 30.3 Å². The van der Waals surface area contributed by atoms with E-state index in [-0.39, 0.29) is 23.1 Å². The van der Waals surface area contributed by atoms with E-state index in [2.05, 4.69) is 31.7 Å². The van der Waals surface area contributed by atoms with Gasteiger partial charge in [0.25, 0.3) is 0 Å². The normalized spacial score (nSPS) is 15.0. The van der Waals surface area contributed by atoms with Crippen molar-refractivity contribution < 1.29 is 14.8 Å². The highest BCUT2D eigenvalue weighted by molar-refractivity contribution is 9.10. The number of hydrogen-bond acceptors (Lipinski definition) is 5. The number of nitrogens with zero attached hydrogens (tertiary/aromatic N) is 1. The smallest absolute Gasteiger partial charge is 0.247 e. The zero-order chi connectivity index (χ0) is 22.5. The van der Waals surface area contributed by atoms with Gasteiger partial charge in [0.05, 0.1) is 11.4 Å². The molecule has 0 bridgehead atoms. The van der Waals surface area contributed by atoms with Crippen LogP contribution < -0.4 is 10.6 Å². The highest BCUT2D eigenvalue weighted by Gasteiger charge is 2.28. The van der Waals surface area contributed by atoms with Crippen LogP contribution in [0.25, 0.3) is 0 Å². The molecule has 1 atom stereocenters. The monoisotopic (exact) mass is 489 g/mol. The summed E-state index contributed by atoms with van der Waals surface area (Å²) in [6.45, 7) is 0. The molecule has 0 radical (unpaired) electrons. The van der Waals surface area contributed by atoms with Crippen molar-refractivity contribution in [2.24, 2.45) is 5.16 Å². The van der Waals surface area contributed by atoms with E-state index >= 15 is 0 Å². The van der Waals surface area contributed by atoms with Gasteiger partial charge in [-0.3, -0.25) is 9.59 Å². The molecule has 1 aliphatic carbocycles. The number of fused-ring (bicyclic) bond motifs is 1. The summed E-state index contributed by atoms with van der Waals surface area (Å²) < 4.78 is 0.753. The van der Waals surface area contributed by atoms with Gasteiger partial charge in [-0.25, -0.2) is 0 Å². The van der Waals surface area contributed by atoms with Crippen LogP contribution in [0.15, 0.2) is 100 Å². The number of halogens is 1. The highest BCUT2D eigenvalue weighted by atomic mass is 79.9. The first-order chi connectivity index (χ1) is 15.6. The first kappa shape index (κ1) is 21.5. The topological polar surface area (TPSA) is 90.8 Å². The van der Waals surface area contributed by atoms with Gasteiger partial charge in [-0.2, -0.15) is 0 Å². The van der Waals surface area contributed by atoms with Gasteiger partial charge in [0.1, 0.15) is 11.8 Å². The molecular formula is C25H20BrN3O3. The maximum Gasteiger partial charge on any atom is 0.247 e. The van der Waals surface area contributed by atoms with E-state index < -0.39 is 6.04 Å². The number of nitrogens with one attached hydrogen (secondary N) is 2. The van der Waals surface area contributed by atoms with Crippen LogP contribution in [-0.4, -0.2) is 28.7 Å². The van der Waals surface area contributed by atoms with Gasteiger partial charge in [-0.05, 0) is 39.7 Å². The van der Waals surface area contributed by atoms with Crippen LogP contribution in [0.1, 0.15) is 21.5 Å². The molecule has 6 nitrogen and oxygen atoms in total. The average molecular weight is 490 g/mol. The van der Waals surface area contributed by atoms with E-state index in [9.17, 15) is 14.8 Å². The minimum Gasteiger partial charge on any atom is -0.410 e. The summed E-state index contributed by atoms with van der Waals surface area (Å²) in [5, 5.41) is 18.8. The van der Waals surface area contributed by atoms with Crippen LogP contribution in [0.4, 0.5) is 5.69 Å². The summed E-state index contributed by atoms with van der Waals surface area (Å²) in [5.74, 6) is -0.560. The van der Waals surface area contributed by atoms with Gasteiger partial charge in [-0.1, -0.05) is 71.9 Å². The van der Waals surface area contributed by atoms with Gasteiger partial charge < -0.3 is 15.8 Å². The molecule has 0 saturated heterocycles.